The third-order valence-corrected chi connectivity index (χ3v) is 3.07. The smallest absolute Gasteiger partial charge is 0.255 e. The molecule has 5 nitrogen and oxygen atoms in total. The summed E-state index contributed by atoms with van der Waals surface area (Å²) in [5.41, 5.74) is 12.7. The molecule has 0 aliphatic heterocycles. The van der Waals surface area contributed by atoms with E-state index in [-0.39, 0.29) is 10.9 Å². The zero-order valence-electron chi connectivity index (χ0n) is 11.0. The number of carbonyl (C=O) groups excluding carboxylic acids is 2. The molecule has 2 rings (SSSR count). The van der Waals surface area contributed by atoms with Crippen molar-refractivity contribution in [3.05, 3.63) is 65.2 Å². The Hall–Kier alpha value is -2.73. The average Bonchev–Trinajstić information content (AvgIpc) is 2.48. The highest BCUT2D eigenvalue weighted by molar-refractivity contribution is 7.80. The van der Waals surface area contributed by atoms with Gasteiger partial charge in [-0.05, 0) is 36.4 Å². The molecule has 2 aromatic carbocycles. The first-order chi connectivity index (χ1) is 9.97. The molecular weight excluding hydrogens is 286 g/mol. The average molecular weight is 299 g/mol. The highest BCUT2D eigenvalue weighted by atomic mass is 32.1. The standard InChI is InChI=1S/C15H13N3O2S/c16-13(19)9-4-6-12(7-5-9)18-15(20)11-3-1-2-10(8-11)14(17)21/h1-8H,(H2,16,19)(H2,17,21)(H,18,20). The second-order valence-corrected chi connectivity index (χ2v) is 4.78. The maximum atomic E-state index is 12.1. The Morgan fingerprint density at radius 2 is 1.52 bits per heavy atom. The molecule has 0 radical (unpaired) electrons. The summed E-state index contributed by atoms with van der Waals surface area (Å²) in [7, 11) is 0. The van der Waals surface area contributed by atoms with Gasteiger partial charge in [0.25, 0.3) is 5.91 Å². The summed E-state index contributed by atoms with van der Waals surface area (Å²) in [4.78, 5) is 23.3. The van der Waals surface area contributed by atoms with Crippen molar-refractivity contribution < 1.29 is 9.59 Å². The number of nitrogens with two attached hydrogens (primary N) is 2. The maximum absolute atomic E-state index is 12.1. The summed E-state index contributed by atoms with van der Waals surface area (Å²) in [6.07, 6.45) is 0. The van der Waals surface area contributed by atoms with Crippen molar-refractivity contribution in [3.8, 4) is 0 Å². The fraction of sp³-hybridized carbons (Fsp3) is 0. The van der Waals surface area contributed by atoms with Gasteiger partial charge in [-0.2, -0.15) is 0 Å². The monoisotopic (exact) mass is 299 g/mol. The molecule has 0 aliphatic rings. The molecule has 5 N–H and O–H groups in total. The molecule has 0 heterocycles. The number of benzene rings is 2. The van der Waals surface area contributed by atoms with Crippen molar-refractivity contribution in [3.63, 3.8) is 0 Å². The number of hydrogen-bond acceptors (Lipinski definition) is 3. The molecule has 2 amide bonds. The lowest BCUT2D eigenvalue weighted by atomic mass is 10.1. The van der Waals surface area contributed by atoms with Crippen molar-refractivity contribution in [2.75, 3.05) is 5.32 Å². The Bertz CT molecular complexity index is 711. The van der Waals surface area contributed by atoms with E-state index in [1.807, 2.05) is 0 Å². The van der Waals surface area contributed by atoms with E-state index in [0.717, 1.165) is 0 Å². The molecule has 0 unspecified atom stereocenters. The predicted octanol–water partition coefficient (Wildman–Crippen LogP) is 1.67. The van der Waals surface area contributed by atoms with Crippen molar-refractivity contribution in [1.82, 2.24) is 0 Å². The van der Waals surface area contributed by atoms with Gasteiger partial charge in [-0.1, -0.05) is 24.4 Å². The van der Waals surface area contributed by atoms with Gasteiger partial charge in [0.2, 0.25) is 5.91 Å². The molecule has 0 saturated heterocycles. The third kappa shape index (κ3) is 3.64. The summed E-state index contributed by atoms with van der Waals surface area (Å²) in [5.74, 6) is -0.808. The van der Waals surface area contributed by atoms with E-state index >= 15 is 0 Å². The molecule has 0 aliphatic carbocycles. The summed E-state index contributed by atoms with van der Waals surface area (Å²) < 4.78 is 0. The van der Waals surface area contributed by atoms with Crippen LogP contribution >= 0.6 is 12.2 Å². The van der Waals surface area contributed by atoms with Crippen LogP contribution in [0.4, 0.5) is 5.69 Å². The Kier molecular flexibility index (Phi) is 4.30. The second-order valence-electron chi connectivity index (χ2n) is 4.34. The first-order valence-electron chi connectivity index (χ1n) is 6.08. The van der Waals surface area contributed by atoms with Crippen LogP contribution in [0.15, 0.2) is 48.5 Å². The van der Waals surface area contributed by atoms with E-state index in [1.165, 1.54) is 0 Å². The molecule has 21 heavy (non-hydrogen) atoms. The van der Waals surface area contributed by atoms with Gasteiger partial charge in [0.05, 0.1) is 0 Å². The molecule has 0 bridgehead atoms. The molecule has 0 aromatic heterocycles. The van der Waals surface area contributed by atoms with Gasteiger partial charge >= 0.3 is 0 Å². The minimum absolute atomic E-state index is 0.232. The fourth-order valence-corrected chi connectivity index (χ4v) is 1.86. The van der Waals surface area contributed by atoms with Crippen LogP contribution in [0.1, 0.15) is 26.3 Å². The topological polar surface area (TPSA) is 98.2 Å². The van der Waals surface area contributed by atoms with Crippen molar-refractivity contribution in [1.29, 1.82) is 0 Å². The zero-order chi connectivity index (χ0) is 15.4. The van der Waals surface area contributed by atoms with Crippen LogP contribution in [-0.2, 0) is 0 Å². The fourth-order valence-electron chi connectivity index (χ4n) is 1.73. The van der Waals surface area contributed by atoms with E-state index in [2.05, 4.69) is 5.32 Å². The molecule has 6 heteroatoms. The number of anilines is 1. The number of amides is 2. The number of hydrogen-bond donors (Lipinski definition) is 3. The van der Waals surface area contributed by atoms with Crippen molar-refractivity contribution >= 4 is 34.7 Å². The van der Waals surface area contributed by atoms with Crippen molar-refractivity contribution in [2.24, 2.45) is 11.5 Å². The normalized spacial score (nSPS) is 9.90. The van der Waals surface area contributed by atoms with Crippen LogP contribution in [0.3, 0.4) is 0 Å². The summed E-state index contributed by atoms with van der Waals surface area (Å²) >= 11 is 4.88. The molecule has 0 atom stereocenters. The van der Waals surface area contributed by atoms with Crippen LogP contribution in [-0.4, -0.2) is 16.8 Å². The highest BCUT2D eigenvalue weighted by Crippen LogP contribution is 2.12. The first kappa shape index (κ1) is 14.7. The van der Waals surface area contributed by atoms with Gasteiger partial charge in [-0.25, -0.2) is 0 Å². The van der Waals surface area contributed by atoms with Gasteiger partial charge in [0.15, 0.2) is 0 Å². The Balaban J connectivity index is 2.16. The lowest BCUT2D eigenvalue weighted by molar-refractivity contribution is 0.0998. The van der Waals surface area contributed by atoms with Gasteiger partial charge in [0.1, 0.15) is 4.99 Å². The quantitative estimate of drug-likeness (QED) is 0.748. The van der Waals surface area contributed by atoms with Crippen LogP contribution < -0.4 is 16.8 Å². The molecule has 0 spiro atoms. The zero-order valence-corrected chi connectivity index (χ0v) is 11.8. The number of thiocarbonyl (C=S) groups is 1. The van der Waals surface area contributed by atoms with Gasteiger partial charge in [0, 0.05) is 22.4 Å². The van der Waals surface area contributed by atoms with Gasteiger partial charge in [-0.15, -0.1) is 0 Å². The summed E-state index contributed by atoms with van der Waals surface area (Å²) in [6.45, 7) is 0. The van der Waals surface area contributed by atoms with Crippen molar-refractivity contribution in [2.45, 2.75) is 0 Å². The maximum Gasteiger partial charge on any atom is 0.255 e. The number of nitrogens with one attached hydrogen (secondary N) is 1. The first-order valence-corrected chi connectivity index (χ1v) is 6.49. The molecular formula is C15H13N3O2S. The third-order valence-electron chi connectivity index (χ3n) is 2.84. The molecule has 0 saturated carbocycles. The number of primary amides is 1. The number of rotatable bonds is 4. The Labute approximate surface area is 126 Å². The Morgan fingerprint density at radius 3 is 2.10 bits per heavy atom. The van der Waals surface area contributed by atoms with Gasteiger partial charge in [-0.3, -0.25) is 9.59 Å². The SMILES string of the molecule is NC(=O)c1ccc(NC(=O)c2cccc(C(N)=S)c2)cc1. The lowest BCUT2D eigenvalue weighted by Gasteiger charge is -2.07. The number of carbonyl (C=O) groups is 2. The molecule has 2 aromatic rings. The van der Waals surface area contributed by atoms with Gasteiger partial charge < -0.3 is 16.8 Å². The largest absolute Gasteiger partial charge is 0.389 e. The molecule has 106 valence electrons. The predicted molar refractivity (Wildman–Crippen MR) is 85.2 cm³/mol. The minimum atomic E-state index is -0.517. The second kappa shape index (κ2) is 6.15. The van der Waals surface area contributed by atoms with E-state index in [4.69, 9.17) is 23.7 Å². The highest BCUT2D eigenvalue weighted by Gasteiger charge is 2.08. The minimum Gasteiger partial charge on any atom is -0.389 e. The summed E-state index contributed by atoms with van der Waals surface area (Å²) in [6, 6.07) is 13.0. The van der Waals surface area contributed by atoms with E-state index in [1.54, 1.807) is 48.5 Å². The van der Waals surface area contributed by atoms with Crippen LogP contribution in [0, 0.1) is 0 Å². The van der Waals surface area contributed by atoms with E-state index in [0.29, 0.717) is 22.4 Å². The van der Waals surface area contributed by atoms with E-state index < -0.39 is 5.91 Å². The van der Waals surface area contributed by atoms with E-state index in [9.17, 15) is 9.59 Å². The lowest BCUT2D eigenvalue weighted by Crippen LogP contribution is -2.15. The summed E-state index contributed by atoms with van der Waals surface area (Å²) in [5, 5.41) is 2.72. The van der Waals surface area contributed by atoms with Crippen LogP contribution in [0.25, 0.3) is 0 Å². The van der Waals surface area contributed by atoms with Crippen LogP contribution in [0.2, 0.25) is 0 Å². The Morgan fingerprint density at radius 1 is 0.905 bits per heavy atom. The molecule has 0 fully saturated rings. The van der Waals surface area contributed by atoms with Crippen LogP contribution in [0.5, 0.6) is 0 Å².